The van der Waals surface area contributed by atoms with Crippen LogP contribution in [0.15, 0.2) is 42.5 Å². The largest absolute Gasteiger partial charge is 0.490 e. The zero-order chi connectivity index (χ0) is 20.8. The second kappa shape index (κ2) is 10.5. The number of benzene rings is 2. The Balaban J connectivity index is 1.28. The Morgan fingerprint density at radius 2 is 1.93 bits per heavy atom. The molecule has 0 amide bonds. The number of nitrogens with one attached hydrogen (secondary N) is 1. The summed E-state index contributed by atoms with van der Waals surface area (Å²) in [5.74, 6) is 3.97. The number of hydrogen-bond acceptors (Lipinski definition) is 4. The van der Waals surface area contributed by atoms with Gasteiger partial charge in [-0.05, 0) is 74.1 Å². The maximum atomic E-state index is 14.1. The van der Waals surface area contributed by atoms with Crippen molar-refractivity contribution >= 4 is 11.8 Å². The standard InChI is InChI=1S/C25H32FNO2S/c1-2-30-16-15-27-19-8-10-20(11-9-19)28-21-12-14-24-18(17-21)7-13-25(29-24)22-5-3-4-6-23(22)26/h3-6,12,14,17,19-20,25,27H,2,7-11,13,15-16H2,1H3. The molecule has 1 saturated carbocycles. The summed E-state index contributed by atoms with van der Waals surface area (Å²) in [6.07, 6.45) is 6.29. The molecule has 1 heterocycles. The Hall–Kier alpha value is -1.72. The molecule has 2 aromatic rings. The molecule has 1 aliphatic heterocycles. The fraction of sp³-hybridized carbons (Fsp3) is 0.520. The minimum absolute atomic E-state index is 0.194. The van der Waals surface area contributed by atoms with Gasteiger partial charge in [0.15, 0.2) is 0 Å². The van der Waals surface area contributed by atoms with Gasteiger partial charge in [0.2, 0.25) is 0 Å². The van der Waals surface area contributed by atoms with Crippen LogP contribution >= 0.6 is 11.8 Å². The second-order valence-electron chi connectivity index (χ2n) is 8.18. The van der Waals surface area contributed by atoms with Crippen LogP contribution in [0.5, 0.6) is 11.5 Å². The van der Waals surface area contributed by atoms with E-state index < -0.39 is 0 Å². The molecule has 1 fully saturated rings. The zero-order valence-electron chi connectivity index (χ0n) is 17.7. The van der Waals surface area contributed by atoms with Crippen LogP contribution in [-0.2, 0) is 6.42 Å². The minimum Gasteiger partial charge on any atom is -0.490 e. The molecule has 2 aliphatic rings. The van der Waals surface area contributed by atoms with Crippen LogP contribution in [0.1, 0.15) is 56.3 Å². The topological polar surface area (TPSA) is 30.5 Å². The van der Waals surface area contributed by atoms with E-state index in [1.54, 1.807) is 6.07 Å². The molecule has 4 rings (SSSR count). The minimum atomic E-state index is -0.219. The molecule has 0 radical (unpaired) electrons. The Morgan fingerprint density at radius 1 is 1.10 bits per heavy atom. The van der Waals surface area contributed by atoms with Gasteiger partial charge >= 0.3 is 0 Å². The maximum Gasteiger partial charge on any atom is 0.130 e. The fourth-order valence-corrected chi connectivity index (χ4v) is 5.00. The van der Waals surface area contributed by atoms with E-state index in [0.717, 1.165) is 49.3 Å². The Labute approximate surface area is 183 Å². The first-order valence-corrected chi connectivity index (χ1v) is 12.4. The normalized spacial score (nSPS) is 23.5. The predicted molar refractivity (Wildman–Crippen MR) is 122 cm³/mol. The number of halogens is 1. The van der Waals surface area contributed by atoms with E-state index in [4.69, 9.17) is 9.47 Å². The van der Waals surface area contributed by atoms with Gasteiger partial charge in [-0.25, -0.2) is 4.39 Å². The molecule has 0 saturated heterocycles. The Morgan fingerprint density at radius 3 is 2.73 bits per heavy atom. The first-order valence-electron chi connectivity index (χ1n) is 11.2. The van der Waals surface area contributed by atoms with Crippen molar-refractivity contribution in [2.45, 2.75) is 63.7 Å². The maximum absolute atomic E-state index is 14.1. The van der Waals surface area contributed by atoms with Crippen molar-refractivity contribution in [3.05, 3.63) is 59.4 Å². The van der Waals surface area contributed by atoms with Gasteiger partial charge in [-0.15, -0.1) is 0 Å². The molecule has 1 aliphatic carbocycles. The number of aryl methyl sites for hydroxylation is 1. The fourth-order valence-electron chi connectivity index (χ4n) is 4.45. The Kier molecular flexibility index (Phi) is 7.56. The molecular formula is C25H32FNO2S. The summed E-state index contributed by atoms with van der Waals surface area (Å²) >= 11 is 1.99. The van der Waals surface area contributed by atoms with Crippen molar-refractivity contribution in [2.75, 3.05) is 18.1 Å². The van der Waals surface area contributed by atoms with Gasteiger partial charge in [0, 0.05) is 23.9 Å². The van der Waals surface area contributed by atoms with Crippen molar-refractivity contribution in [3.63, 3.8) is 0 Å². The van der Waals surface area contributed by atoms with Gasteiger partial charge in [0.05, 0.1) is 6.10 Å². The van der Waals surface area contributed by atoms with Crippen LogP contribution < -0.4 is 14.8 Å². The van der Waals surface area contributed by atoms with Gasteiger partial charge in [-0.2, -0.15) is 11.8 Å². The van der Waals surface area contributed by atoms with Crippen LogP contribution in [0.2, 0.25) is 0 Å². The molecule has 1 atom stereocenters. The lowest BCUT2D eigenvalue weighted by Crippen LogP contribution is -2.37. The molecule has 5 heteroatoms. The highest BCUT2D eigenvalue weighted by Gasteiger charge is 2.25. The number of thioether (sulfide) groups is 1. The van der Waals surface area contributed by atoms with Crippen LogP contribution in [0.25, 0.3) is 0 Å². The molecule has 0 spiro atoms. The lowest BCUT2D eigenvalue weighted by molar-refractivity contribution is 0.138. The zero-order valence-corrected chi connectivity index (χ0v) is 18.6. The smallest absolute Gasteiger partial charge is 0.130 e. The lowest BCUT2D eigenvalue weighted by Gasteiger charge is -2.30. The van der Waals surface area contributed by atoms with E-state index in [2.05, 4.69) is 18.3 Å². The Bertz CT molecular complexity index is 823. The third-order valence-corrected chi connectivity index (χ3v) is 6.99. The van der Waals surface area contributed by atoms with Crippen LogP contribution in [0.4, 0.5) is 4.39 Å². The molecule has 2 aromatic carbocycles. The summed E-state index contributed by atoms with van der Waals surface area (Å²) in [7, 11) is 0. The molecule has 1 N–H and O–H groups in total. The second-order valence-corrected chi connectivity index (χ2v) is 9.57. The quantitative estimate of drug-likeness (QED) is 0.527. The molecule has 3 nitrogen and oxygen atoms in total. The summed E-state index contributed by atoms with van der Waals surface area (Å²) in [6, 6.07) is 13.6. The molecule has 0 aromatic heterocycles. The molecule has 0 bridgehead atoms. The third-order valence-electron chi connectivity index (χ3n) is 6.09. The lowest BCUT2D eigenvalue weighted by atomic mass is 9.93. The van der Waals surface area contributed by atoms with Gasteiger partial charge in [0.1, 0.15) is 23.4 Å². The molecule has 162 valence electrons. The number of hydrogen-bond donors (Lipinski definition) is 1. The summed E-state index contributed by atoms with van der Waals surface area (Å²) < 4.78 is 26.5. The molecule has 1 unspecified atom stereocenters. The number of ether oxygens (including phenoxy) is 2. The van der Waals surface area contributed by atoms with E-state index in [1.807, 2.05) is 36.0 Å². The summed E-state index contributed by atoms with van der Waals surface area (Å²) in [6.45, 7) is 3.31. The van der Waals surface area contributed by atoms with E-state index in [1.165, 1.54) is 30.4 Å². The van der Waals surface area contributed by atoms with Gasteiger partial charge in [-0.1, -0.05) is 25.1 Å². The average Bonchev–Trinajstić information content (AvgIpc) is 2.78. The highest BCUT2D eigenvalue weighted by molar-refractivity contribution is 7.99. The summed E-state index contributed by atoms with van der Waals surface area (Å²) in [5.41, 5.74) is 1.80. The van der Waals surface area contributed by atoms with E-state index in [0.29, 0.717) is 17.7 Å². The van der Waals surface area contributed by atoms with Crippen LogP contribution in [0.3, 0.4) is 0 Å². The predicted octanol–water partition coefficient (Wildman–Crippen LogP) is 5.92. The van der Waals surface area contributed by atoms with Crippen molar-refractivity contribution in [1.29, 1.82) is 0 Å². The number of fused-ring (bicyclic) bond motifs is 1. The highest BCUT2D eigenvalue weighted by Crippen LogP contribution is 2.38. The number of rotatable bonds is 8. The third kappa shape index (κ3) is 5.50. The van der Waals surface area contributed by atoms with Crippen molar-refractivity contribution in [3.8, 4) is 11.5 Å². The SMILES string of the molecule is CCSCCNC1CCC(Oc2ccc3c(c2)CCC(c2ccccc2F)O3)CC1. The highest BCUT2D eigenvalue weighted by atomic mass is 32.2. The first-order chi connectivity index (χ1) is 14.7. The van der Waals surface area contributed by atoms with E-state index in [9.17, 15) is 4.39 Å². The summed E-state index contributed by atoms with van der Waals surface area (Å²) in [4.78, 5) is 0. The van der Waals surface area contributed by atoms with Crippen molar-refractivity contribution in [2.24, 2.45) is 0 Å². The van der Waals surface area contributed by atoms with Crippen molar-refractivity contribution in [1.82, 2.24) is 5.32 Å². The van der Waals surface area contributed by atoms with Gasteiger partial charge in [-0.3, -0.25) is 0 Å². The van der Waals surface area contributed by atoms with Crippen molar-refractivity contribution < 1.29 is 13.9 Å². The van der Waals surface area contributed by atoms with Gasteiger partial charge in [0.25, 0.3) is 0 Å². The monoisotopic (exact) mass is 429 g/mol. The van der Waals surface area contributed by atoms with Crippen LogP contribution in [0, 0.1) is 5.82 Å². The van der Waals surface area contributed by atoms with E-state index in [-0.39, 0.29) is 11.9 Å². The summed E-state index contributed by atoms with van der Waals surface area (Å²) in [5, 5.41) is 3.68. The van der Waals surface area contributed by atoms with E-state index >= 15 is 0 Å². The van der Waals surface area contributed by atoms with Crippen LogP contribution in [-0.4, -0.2) is 30.2 Å². The first kappa shape index (κ1) is 21.5. The molecule has 30 heavy (non-hydrogen) atoms. The average molecular weight is 430 g/mol. The molecular weight excluding hydrogens is 397 g/mol. The van der Waals surface area contributed by atoms with Gasteiger partial charge < -0.3 is 14.8 Å².